The van der Waals surface area contributed by atoms with Crippen LogP contribution in [0.2, 0.25) is 0 Å². The number of carbonyl (C=O) groups is 1. The molecular weight excluding hydrogens is 303 g/mol. The summed E-state index contributed by atoms with van der Waals surface area (Å²) in [4.78, 5) is 20.1. The number of hydrogen-bond donors (Lipinski definition) is 2. The van der Waals surface area contributed by atoms with E-state index in [1.807, 2.05) is 27.0 Å². The molecule has 7 nitrogen and oxygen atoms in total. The van der Waals surface area contributed by atoms with Crippen molar-refractivity contribution in [2.45, 2.75) is 13.8 Å². The molecule has 0 saturated heterocycles. The average molecular weight is 321 g/mol. The van der Waals surface area contributed by atoms with E-state index in [4.69, 9.17) is 0 Å². The van der Waals surface area contributed by atoms with Crippen molar-refractivity contribution in [3.63, 3.8) is 0 Å². The summed E-state index contributed by atoms with van der Waals surface area (Å²) in [5.41, 5.74) is 1.76. The van der Waals surface area contributed by atoms with Crippen LogP contribution in [0, 0.1) is 13.8 Å². The lowest BCUT2D eigenvalue weighted by Gasteiger charge is -2.00. The van der Waals surface area contributed by atoms with Crippen LogP contribution in [-0.2, 0) is 0 Å². The van der Waals surface area contributed by atoms with E-state index in [1.165, 1.54) is 0 Å². The lowest BCUT2D eigenvalue weighted by molar-refractivity contribution is 0.0944. The van der Waals surface area contributed by atoms with Crippen molar-refractivity contribution in [3.05, 3.63) is 23.3 Å². The molecule has 0 atom stereocenters. The molecule has 0 bridgehead atoms. The number of fused-ring (bicyclic) bond motifs is 1. The van der Waals surface area contributed by atoms with Crippen LogP contribution >= 0.6 is 24.8 Å². The molecule has 0 aromatic carbocycles. The molecule has 2 heterocycles. The molecule has 0 radical (unpaired) electrons. The Balaban J connectivity index is 0.00000180. The smallest absolute Gasteiger partial charge is 0.291 e. The molecule has 2 N–H and O–H groups in total. The molecule has 112 valence electrons. The average Bonchev–Trinajstić information content (AvgIpc) is 2.73. The van der Waals surface area contributed by atoms with E-state index in [0.717, 1.165) is 11.4 Å². The lowest BCUT2D eigenvalue weighted by Crippen LogP contribution is -2.31. The van der Waals surface area contributed by atoms with Crippen molar-refractivity contribution in [1.29, 1.82) is 0 Å². The fourth-order valence-corrected chi connectivity index (χ4v) is 1.64. The Hall–Kier alpha value is -1.44. The molecule has 0 aliphatic heterocycles. The van der Waals surface area contributed by atoms with Gasteiger partial charge in [-0.1, -0.05) is 0 Å². The molecule has 9 heteroatoms. The van der Waals surface area contributed by atoms with Gasteiger partial charge in [0, 0.05) is 24.5 Å². The number of nitrogens with one attached hydrogen (secondary N) is 2. The number of halogens is 2. The van der Waals surface area contributed by atoms with Crippen LogP contribution in [0.4, 0.5) is 0 Å². The molecule has 0 saturated carbocycles. The van der Waals surface area contributed by atoms with Crippen LogP contribution in [0.5, 0.6) is 0 Å². The maximum atomic E-state index is 11.8. The minimum Gasteiger partial charge on any atom is -0.348 e. The summed E-state index contributed by atoms with van der Waals surface area (Å²) in [6, 6.07) is 1.89. The van der Waals surface area contributed by atoms with Gasteiger partial charge in [-0.05, 0) is 27.0 Å². The second-order valence-electron chi connectivity index (χ2n) is 4.05. The van der Waals surface area contributed by atoms with E-state index < -0.39 is 0 Å². The van der Waals surface area contributed by atoms with Gasteiger partial charge in [-0.2, -0.15) is 4.98 Å². The van der Waals surface area contributed by atoms with Crippen molar-refractivity contribution in [3.8, 4) is 0 Å². The number of rotatable bonds is 4. The van der Waals surface area contributed by atoms with Crippen LogP contribution in [0.1, 0.15) is 22.0 Å². The zero-order valence-corrected chi connectivity index (χ0v) is 13.1. The van der Waals surface area contributed by atoms with E-state index in [0.29, 0.717) is 18.9 Å². The first-order valence-electron chi connectivity index (χ1n) is 5.75. The van der Waals surface area contributed by atoms with Crippen molar-refractivity contribution >= 4 is 36.5 Å². The topological polar surface area (TPSA) is 84.2 Å². The highest BCUT2D eigenvalue weighted by atomic mass is 35.5. The molecule has 2 rings (SSSR count). The number of aromatic nitrogens is 4. The molecular formula is C11H18Cl2N6O. The van der Waals surface area contributed by atoms with Gasteiger partial charge in [0.15, 0.2) is 0 Å². The molecule has 0 aliphatic carbocycles. The summed E-state index contributed by atoms with van der Waals surface area (Å²) >= 11 is 0. The summed E-state index contributed by atoms with van der Waals surface area (Å²) in [5, 5.41) is 9.81. The fraction of sp³-hybridized carbons (Fsp3) is 0.455. The molecule has 20 heavy (non-hydrogen) atoms. The number of carbonyl (C=O) groups excluding carboxylic acids is 1. The highest BCUT2D eigenvalue weighted by molar-refractivity contribution is 5.90. The monoisotopic (exact) mass is 320 g/mol. The molecule has 2 aromatic heterocycles. The van der Waals surface area contributed by atoms with Gasteiger partial charge in [-0.25, -0.2) is 9.50 Å². The quantitative estimate of drug-likeness (QED) is 0.803. The Bertz CT molecular complexity index is 586. The second-order valence-corrected chi connectivity index (χ2v) is 4.05. The Morgan fingerprint density at radius 2 is 1.95 bits per heavy atom. The van der Waals surface area contributed by atoms with Gasteiger partial charge >= 0.3 is 0 Å². The van der Waals surface area contributed by atoms with Gasteiger partial charge in [-0.3, -0.25) is 4.79 Å². The lowest BCUT2D eigenvalue weighted by atomic mass is 10.4. The van der Waals surface area contributed by atoms with E-state index in [1.54, 1.807) is 4.52 Å². The van der Waals surface area contributed by atoms with Crippen molar-refractivity contribution in [2.75, 3.05) is 20.1 Å². The molecule has 0 aliphatic rings. The predicted octanol–water partition coefficient (Wildman–Crippen LogP) is 0.534. The molecule has 0 unspecified atom stereocenters. The molecule has 0 fully saturated rings. The first-order valence-corrected chi connectivity index (χ1v) is 5.75. The first-order chi connectivity index (χ1) is 8.61. The van der Waals surface area contributed by atoms with Crippen LogP contribution in [0.15, 0.2) is 6.07 Å². The van der Waals surface area contributed by atoms with E-state index in [-0.39, 0.29) is 36.5 Å². The standard InChI is InChI=1S/C11H16N6O.2ClH/c1-7-6-8(2)17-11(14-7)15-9(16-17)10(18)13-5-4-12-3;;/h6,12H,4-5H2,1-3H3,(H,13,18);2*1H. The normalized spacial score (nSPS) is 9.75. The van der Waals surface area contributed by atoms with Gasteiger partial charge in [0.05, 0.1) is 0 Å². The minimum absolute atomic E-state index is 0. The summed E-state index contributed by atoms with van der Waals surface area (Å²) < 4.78 is 1.57. The third-order valence-electron chi connectivity index (χ3n) is 2.48. The minimum atomic E-state index is -0.284. The molecule has 0 spiro atoms. The van der Waals surface area contributed by atoms with E-state index >= 15 is 0 Å². The molecule has 2 aromatic rings. The fourth-order valence-electron chi connectivity index (χ4n) is 1.64. The Morgan fingerprint density at radius 1 is 1.25 bits per heavy atom. The number of hydrogen-bond acceptors (Lipinski definition) is 5. The largest absolute Gasteiger partial charge is 0.348 e. The van der Waals surface area contributed by atoms with Crippen LogP contribution in [0.3, 0.4) is 0 Å². The summed E-state index contributed by atoms with van der Waals surface area (Å²) in [6.07, 6.45) is 0. The van der Waals surface area contributed by atoms with Gasteiger partial charge < -0.3 is 10.6 Å². The van der Waals surface area contributed by atoms with Crippen molar-refractivity contribution in [2.24, 2.45) is 0 Å². The summed E-state index contributed by atoms with van der Waals surface area (Å²) in [7, 11) is 1.82. The third kappa shape index (κ3) is 4.03. The Kier molecular flexibility index (Phi) is 7.41. The maximum absolute atomic E-state index is 11.8. The van der Waals surface area contributed by atoms with Gasteiger partial charge in [0.2, 0.25) is 5.82 Å². The number of nitrogens with zero attached hydrogens (tertiary/aromatic N) is 4. The Labute approximate surface area is 129 Å². The number of likely N-dealkylation sites (N-methyl/N-ethyl adjacent to an activating group) is 1. The van der Waals surface area contributed by atoms with E-state index in [2.05, 4.69) is 25.7 Å². The zero-order chi connectivity index (χ0) is 13.1. The van der Waals surface area contributed by atoms with E-state index in [9.17, 15) is 4.79 Å². The predicted molar refractivity (Wildman–Crippen MR) is 81.0 cm³/mol. The third-order valence-corrected chi connectivity index (χ3v) is 2.48. The molecule has 1 amide bonds. The van der Waals surface area contributed by atoms with Gasteiger partial charge in [0.25, 0.3) is 11.7 Å². The van der Waals surface area contributed by atoms with Gasteiger partial charge in [0.1, 0.15) is 0 Å². The van der Waals surface area contributed by atoms with Crippen LogP contribution in [0.25, 0.3) is 5.78 Å². The first kappa shape index (κ1) is 18.6. The maximum Gasteiger partial charge on any atom is 0.291 e. The van der Waals surface area contributed by atoms with Crippen molar-refractivity contribution < 1.29 is 4.79 Å². The summed E-state index contributed by atoms with van der Waals surface area (Å²) in [6.45, 7) is 5.03. The second kappa shape index (κ2) is 7.98. The number of aryl methyl sites for hydroxylation is 2. The van der Waals surface area contributed by atoms with Gasteiger partial charge in [-0.15, -0.1) is 29.9 Å². The van der Waals surface area contributed by atoms with Crippen LogP contribution in [-0.4, -0.2) is 45.6 Å². The number of amides is 1. The SMILES string of the molecule is CNCCNC(=O)c1nc2nc(C)cc(C)n2n1.Cl.Cl. The van der Waals surface area contributed by atoms with Crippen molar-refractivity contribution in [1.82, 2.24) is 30.2 Å². The summed E-state index contributed by atoms with van der Waals surface area (Å²) in [5.74, 6) is 0.311. The highest BCUT2D eigenvalue weighted by Crippen LogP contribution is 2.05. The van der Waals surface area contributed by atoms with Crippen LogP contribution < -0.4 is 10.6 Å². The zero-order valence-electron chi connectivity index (χ0n) is 11.5. The Morgan fingerprint density at radius 3 is 2.60 bits per heavy atom. The highest BCUT2D eigenvalue weighted by Gasteiger charge is 2.14.